The smallest absolute Gasteiger partial charge is 0.329 e. The predicted octanol–water partition coefficient (Wildman–Crippen LogP) is 2.23. The lowest BCUT2D eigenvalue weighted by Crippen LogP contribution is -2.28. The van der Waals surface area contributed by atoms with Gasteiger partial charge in [0.05, 0.1) is 16.7 Å². The van der Waals surface area contributed by atoms with Crippen LogP contribution in [0.1, 0.15) is 11.6 Å². The summed E-state index contributed by atoms with van der Waals surface area (Å²) in [5, 5.41) is 0. The van der Waals surface area contributed by atoms with Gasteiger partial charge in [-0.2, -0.15) is 13.2 Å². The van der Waals surface area contributed by atoms with Gasteiger partial charge < -0.3 is 5.73 Å². The number of nitrogens with two attached hydrogens (primary N) is 1. The van der Waals surface area contributed by atoms with Gasteiger partial charge in [0.1, 0.15) is 5.92 Å². The van der Waals surface area contributed by atoms with Crippen LogP contribution in [-0.2, 0) is 0 Å². The highest BCUT2D eigenvalue weighted by molar-refractivity contribution is 5.73. The molecule has 1 atom stereocenters. The molecule has 2 N–H and O–H groups in total. The van der Waals surface area contributed by atoms with Gasteiger partial charge in [0.25, 0.3) is 0 Å². The number of alkyl halides is 3. The molecular formula is C11H10F3N3. The minimum absolute atomic E-state index is 0.140. The molecule has 0 bridgehead atoms. The van der Waals surface area contributed by atoms with Crippen molar-refractivity contribution >= 4 is 11.0 Å². The molecule has 3 nitrogen and oxygen atoms in total. The Morgan fingerprint density at radius 1 is 1.18 bits per heavy atom. The largest absolute Gasteiger partial charge is 0.398 e. The second-order valence-electron chi connectivity index (χ2n) is 3.61. The fourth-order valence-electron chi connectivity index (χ4n) is 1.56. The van der Waals surface area contributed by atoms with E-state index in [0.29, 0.717) is 11.0 Å². The fraction of sp³-hybridized carbons (Fsp3) is 0.273. The zero-order chi connectivity index (χ0) is 12.5. The first-order chi connectivity index (χ1) is 8.02. The van der Waals surface area contributed by atoms with E-state index in [9.17, 15) is 13.2 Å². The second-order valence-corrected chi connectivity index (χ2v) is 3.61. The van der Waals surface area contributed by atoms with Crippen LogP contribution in [0.5, 0.6) is 0 Å². The lowest BCUT2D eigenvalue weighted by atomic mass is 10.1. The quantitative estimate of drug-likeness (QED) is 0.877. The van der Waals surface area contributed by atoms with E-state index in [-0.39, 0.29) is 5.69 Å². The van der Waals surface area contributed by atoms with E-state index in [1.807, 2.05) is 0 Å². The fourth-order valence-corrected chi connectivity index (χ4v) is 1.56. The summed E-state index contributed by atoms with van der Waals surface area (Å²) in [6.45, 7) is -0.531. The molecule has 1 aromatic carbocycles. The van der Waals surface area contributed by atoms with Crippen molar-refractivity contribution in [2.75, 3.05) is 6.54 Å². The van der Waals surface area contributed by atoms with E-state index >= 15 is 0 Å². The molecule has 1 aromatic heterocycles. The standard InChI is InChI=1S/C11H10F3N3/c12-11(13,14)7(5-15)10-6-16-8-3-1-2-4-9(8)17-10/h1-4,6-7H,5,15H2. The van der Waals surface area contributed by atoms with Crippen LogP contribution >= 0.6 is 0 Å². The Bertz CT molecular complexity index is 525. The van der Waals surface area contributed by atoms with Crippen molar-refractivity contribution in [1.29, 1.82) is 0 Å². The van der Waals surface area contributed by atoms with Crippen LogP contribution in [0.2, 0.25) is 0 Å². The van der Waals surface area contributed by atoms with Crippen LogP contribution in [0.4, 0.5) is 13.2 Å². The van der Waals surface area contributed by atoms with Crippen LogP contribution in [0.25, 0.3) is 11.0 Å². The van der Waals surface area contributed by atoms with Gasteiger partial charge in [-0.1, -0.05) is 12.1 Å². The number of para-hydroxylation sites is 2. The Hall–Kier alpha value is -1.69. The van der Waals surface area contributed by atoms with Crippen molar-refractivity contribution in [2.45, 2.75) is 12.1 Å². The maximum atomic E-state index is 12.7. The van der Waals surface area contributed by atoms with Crippen molar-refractivity contribution in [3.8, 4) is 0 Å². The average molecular weight is 241 g/mol. The average Bonchev–Trinajstić information content (AvgIpc) is 2.28. The number of halogens is 3. The van der Waals surface area contributed by atoms with Gasteiger partial charge in [-0.05, 0) is 12.1 Å². The molecule has 1 unspecified atom stereocenters. The monoisotopic (exact) mass is 241 g/mol. The van der Waals surface area contributed by atoms with Gasteiger partial charge in [0.15, 0.2) is 0 Å². The van der Waals surface area contributed by atoms with Crippen molar-refractivity contribution in [3.05, 3.63) is 36.2 Å². The van der Waals surface area contributed by atoms with E-state index in [0.717, 1.165) is 6.20 Å². The van der Waals surface area contributed by atoms with Crippen LogP contribution in [0, 0.1) is 0 Å². The SMILES string of the molecule is NCC(c1cnc2ccccc2n1)C(F)(F)F. The molecule has 0 saturated carbocycles. The predicted molar refractivity (Wildman–Crippen MR) is 57.4 cm³/mol. The van der Waals surface area contributed by atoms with Crippen LogP contribution in [-0.4, -0.2) is 22.7 Å². The summed E-state index contributed by atoms with van der Waals surface area (Å²) in [5.74, 6) is -1.76. The first kappa shape index (κ1) is 11.8. The highest BCUT2D eigenvalue weighted by atomic mass is 19.4. The van der Waals surface area contributed by atoms with Gasteiger partial charge in [-0.25, -0.2) is 4.98 Å². The molecule has 6 heteroatoms. The molecule has 0 amide bonds. The number of hydrogen-bond acceptors (Lipinski definition) is 3. The molecule has 17 heavy (non-hydrogen) atoms. The molecule has 2 aromatic rings. The van der Waals surface area contributed by atoms with E-state index in [4.69, 9.17) is 5.73 Å². The summed E-state index contributed by atoms with van der Waals surface area (Å²) in [7, 11) is 0. The van der Waals surface area contributed by atoms with Gasteiger partial charge in [0.2, 0.25) is 0 Å². The molecular weight excluding hydrogens is 231 g/mol. The normalized spacial score (nSPS) is 13.9. The third kappa shape index (κ3) is 2.36. The molecule has 0 aliphatic carbocycles. The van der Waals surface area contributed by atoms with Crippen molar-refractivity contribution in [2.24, 2.45) is 5.73 Å². The molecule has 90 valence electrons. The second kappa shape index (κ2) is 4.29. The Balaban J connectivity index is 2.48. The minimum Gasteiger partial charge on any atom is -0.329 e. The Morgan fingerprint density at radius 2 is 1.82 bits per heavy atom. The van der Waals surface area contributed by atoms with Crippen molar-refractivity contribution in [1.82, 2.24) is 9.97 Å². The van der Waals surface area contributed by atoms with Crippen LogP contribution in [0.3, 0.4) is 0 Å². The number of benzene rings is 1. The molecule has 0 saturated heterocycles. The maximum absolute atomic E-state index is 12.7. The zero-order valence-electron chi connectivity index (χ0n) is 8.78. The van der Waals surface area contributed by atoms with Gasteiger partial charge in [-0.3, -0.25) is 4.98 Å². The molecule has 0 spiro atoms. The van der Waals surface area contributed by atoms with Gasteiger partial charge in [0, 0.05) is 12.7 Å². The number of fused-ring (bicyclic) bond motifs is 1. The van der Waals surface area contributed by atoms with Gasteiger partial charge >= 0.3 is 6.18 Å². The first-order valence-corrected chi connectivity index (χ1v) is 5.01. The van der Waals surface area contributed by atoms with Crippen LogP contribution < -0.4 is 5.73 Å². The summed E-state index contributed by atoms with van der Waals surface area (Å²) in [6, 6.07) is 6.76. The molecule has 2 rings (SSSR count). The number of nitrogens with zero attached hydrogens (tertiary/aromatic N) is 2. The Morgan fingerprint density at radius 3 is 2.41 bits per heavy atom. The molecule has 0 aliphatic heterocycles. The summed E-state index contributed by atoms with van der Waals surface area (Å²) >= 11 is 0. The van der Waals surface area contributed by atoms with Crippen molar-refractivity contribution in [3.63, 3.8) is 0 Å². The highest BCUT2D eigenvalue weighted by Gasteiger charge is 2.40. The highest BCUT2D eigenvalue weighted by Crippen LogP contribution is 2.33. The van der Waals surface area contributed by atoms with Crippen LogP contribution in [0.15, 0.2) is 30.5 Å². The van der Waals surface area contributed by atoms with E-state index in [1.54, 1.807) is 24.3 Å². The lowest BCUT2D eigenvalue weighted by molar-refractivity contribution is -0.148. The topological polar surface area (TPSA) is 51.8 Å². The van der Waals surface area contributed by atoms with Gasteiger partial charge in [-0.15, -0.1) is 0 Å². The molecule has 0 radical (unpaired) electrons. The lowest BCUT2D eigenvalue weighted by Gasteiger charge is -2.17. The van der Waals surface area contributed by atoms with E-state index in [1.165, 1.54) is 0 Å². The summed E-state index contributed by atoms with van der Waals surface area (Å²) in [4.78, 5) is 7.90. The summed E-state index contributed by atoms with van der Waals surface area (Å²) in [5.41, 5.74) is 6.01. The minimum atomic E-state index is -4.40. The Kier molecular flexibility index (Phi) is 2.97. The first-order valence-electron chi connectivity index (χ1n) is 5.01. The third-order valence-electron chi connectivity index (χ3n) is 2.46. The summed E-state index contributed by atoms with van der Waals surface area (Å²) in [6.07, 6.45) is -3.26. The van der Waals surface area contributed by atoms with Crippen molar-refractivity contribution < 1.29 is 13.2 Å². The Labute approximate surface area is 95.5 Å². The number of aromatic nitrogens is 2. The van der Waals surface area contributed by atoms with E-state index in [2.05, 4.69) is 9.97 Å². The molecule has 0 aliphatic rings. The molecule has 1 heterocycles. The summed E-state index contributed by atoms with van der Waals surface area (Å²) < 4.78 is 38.0. The van der Waals surface area contributed by atoms with E-state index < -0.39 is 18.6 Å². The number of hydrogen-bond donors (Lipinski definition) is 1. The third-order valence-corrected chi connectivity index (χ3v) is 2.46. The number of rotatable bonds is 2. The molecule has 0 fully saturated rings. The zero-order valence-corrected chi connectivity index (χ0v) is 8.78. The maximum Gasteiger partial charge on any atom is 0.398 e.